The van der Waals surface area contributed by atoms with Crippen LogP contribution in [-0.4, -0.2) is 19.7 Å². The van der Waals surface area contributed by atoms with E-state index in [1.165, 1.54) is 24.9 Å². The van der Waals surface area contributed by atoms with Gasteiger partial charge in [0.1, 0.15) is 5.75 Å². The smallest absolute Gasteiger partial charge is 0.123 e. The van der Waals surface area contributed by atoms with E-state index in [9.17, 15) is 0 Å². The minimum atomic E-state index is 0.354. The zero-order chi connectivity index (χ0) is 10.1. The fourth-order valence-electron chi connectivity index (χ4n) is 2.93. The first-order chi connectivity index (χ1) is 7.41. The van der Waals surface area contributed by atoms with Crippen LogP contribution in [0.3, 0.4) is 0 Å². The van der Waals surface area contributed by atoms with E-state index in [0.29, 0.717) is 5.41 Å². The highest BCUT2D eigenvalue weighted by atomic mass is 16.5. The fourth-order valence-corrected chi connectivity index (χ4v) is 2.93. The minimum absolute atomic E-state index is 0.354. The van der Waals surface area contributed by atoms with Crippen molar-refractivity contribution in [2.75, 3.05) is 19.7 Å². The van der Waals surface area contributed by atoms with E-state index in [4.69, 9.17) is 4.74 Å². The number of nitrogens with one attached hydrogen (secondary N) is 1. The lowest BCUT2D eigenvalue weighted by atomic mass is 9.71. The molecule has 2 heteroatoms. The van der Waals surface area contributed by atoms with Crippen molar-refractivity contribution >= 4 is 0 Å². The van der Waals surface area contributed by atoms with Gasteiger partial charge in [0.2, 0.25) is 0 Å². The molecule has 1 N–H and O–H groups in total. The molecule has 0 bridgehead atoms. The van der Waals surface area contributed by atoms with E-state index in [2.05, 4.69) is 29.6 Å². The van der Waals surface area contributed by atoms with Crippen molar-refractivity contribution in [1.29, 1.82) is 0 Å². The van der Waals surface area contributed by atoms with Crippen molar-refractivity contribution in [3.63, 3.8) is 0 Å². The lowest BCUT2D eigenvalue weighted by Crippen LogP contribution is -2.46. The summed E-state index contributed by atoms with van der Waals surface area (Å²) in [7, 11) is 0. The maximum absolute atomic E-state index is 5.72. The molecule has 0 saturated carbocycles. The van der Waals surface area contributed by atoms with Crippen LogP contribution in [0.15, 0.2) is 24.3 Å². The van der Waals surface area contributed by atoms with Gasteiger partial charge in [0.05, 0.1) is 6.61 Å². The molecule has 0 radical (unpaired) electrons. The molecule has 0 aromatic heterocycles. The summed E-state index contributed by atoms with van der Waals surface area (Å²) in [6, 6.07) is 8.53. The summed E-state index contributed by atoms with van der Waals surface area (Å²) in [5, 5.41) is 3.53. The normalized spacial score (nSPS) is 29.6. The molecule has 1 saturated heterocycles. The third-order valence-electron chi connectivity index (χ3n) is 3.77. The molecule has 0 aliphatic carbocycles. The number of fused-ring (bicyclic) bond motifs is 2. The largest absolute Gasteiger partial charge is 0.493 e. The molecule has 2 heterocycles. The van der Waals surface area contributed by atoms with Gasteiger partial charge in [-0.1, -0.05) is 18.2 Å². The summed E-state index contributed by atoms with van der Waals surface area (Å²) in [6.07, 6.45) is 3.76. The highest BCUT2D eigenvalue weighted by Gasteiger charge is 2.38. The standard InChI is InChI=1S/C13H17NO/c1-2-5-12-11(4-1)13(7-9-15-12)6-3-8-14-10-13/h1-2,4-5,14H,3,6-10H2. The molecule has 1 unspecified atom stereocenters. The number of para-hydroxylation sites is 1. The monoisotopic (exact) mass is 203 g/mol. The first kappa shape index (κ1) is 9.22. The Bertz CT molecular complexity index is 355. The fraction of sp³-hybridized carbons (Fsp3) is 0.538. The van der Waals surface area contributed by atoms with E-state index >= 15 is 0 Å². The van der Waals surface area contributed by atoms with E-state index in [1.807, 2.05) is 0 Å². The van der Waals surface area contributed by atoms with Crippen molar-refractivity contribution in [1.82, 2.24) is 5.32 Å². The van der Waals surface area contributed by atoms with Crippen LogP contribution in [-0.2, 0) is 5.41 Å². The molecule has 1 aromatic rings. The summed E-state index contributed by atoms with van der Waals surface area (Å²) in [5.41, 5.74) is 1.77. The summed E-state index contributed by atoms with van der Waals surface area (Å²) in [5.74, 6) is 1.10. The molecule has 15 heavy (non-hydrogen) atoms. The molecular weight excluding hydrogens is 186 g/mol. The Labute approximate surface area is 90.6 Å². The van der Waals surface area contributed by atoms with Crippen LogP contribution in [0.4, 0.5) is 0 Å². The Morgan fingerprint density at radius 1 is 1.20 bits per heavy atom. The van der Waals surface area contributed by atoms with Crippen molar-refractivity contribution in [2.24, 2.45) is 0 Å². The van der Waals surface area contributed by atoms with Gasteiger partial charge in [-0.15, -0.1) is 0 Å². The lowest BCUT2D eigenvalue weighted by molar-refractivity contribution is 0.184. The molecule has 80 valence electrons. The minimum Gasteiger partial charge on any atom is -0.493 e. The Morgan fingerprint density at radius 3 is 3.00 bits per heavy atom. The van der Waals surface area contributed by atoms with Crippen LogP contribution in [0.2, 0.25) is 0 Å². The predicted molar refractivity (Wildman–Crippen MR) is 60.3 cm³/mol. The zero-order valence-electron chi connectivity index (χ0n) is 8.96. The van der Waals surface area contributed by atoms with E-state index in [-0.39, 0.29) is 0 Å². The summed E-state index contributed by atoms with van der Waals surface area (Å²) < 4.78 is 5.72. The van der Waals surface area contributed by atoms with Gasteiger partial charge in [0.25, 0.3) is 0 Å². The van der Waals surface area contributed by atoms with E-state index < -0.39 is 0 Å². The van der Waals surface area contributed by atoms with Gasteiger partial charge in [-0.3, -0.25) is 0 Å². The summed E-state index contributed by atoms with van der Waals surface area (Å²) in [4.78, 5) is 0. The van der Waals surface area contributed by atoms with Crippen LogP contribution in [0, 0.1) is 0 Å². The van der Waals surface area contributed by atoms with Crippen LogP contribution in [0.1, 0.15) is 24.8 Å². The molecule has 1 atom stereocenters. The molecule has 1 aromatic carbocycles. The van der Waals surface area contributed by atoms with Crippen LogP contribution in [0.25, 0.3) is 0 Å². The third-order valence-corrected chi connectivity index (χ3v) is 3.77. The van der Waals surface area contributed by atoms with Gasteiger partial charge in [-0.2, -0.15) is 0 Å². The average molecular weight is 203 g/mol. The van der Waals surface area contributed by atoms with Crippen molar-refractivity contribution in [3.8, 4) is 5.75 Å². The highest BCUT2D eigenvalue weighted by molar-refractivity contribution is 5.42. The average Bonchev–Trinajstić information content (AvgIpc) is 2.31. The SMILES string of the molecule is c1ccc2c(c1)OCCC21CCCNC1. The first-order valence-corrected chi connectivity index (χ1v) is 5.84. The molecule has 3 rings (SSSR count). The maximum atomic E-state index is 5.72. The number of rotatable bonds is 0. The van der Waals surface area contributed by atoms with Crippen molar-refractivity contribution in [2.45, 2.75) is 24.7 Å². The Balaban J connectivity index is 2.04. The second-order valence-electron chi connectivity index (χ2n) is 4.66. The van der Waals surface area contributed by atoms with Gasteiger partial charge in [0, 0.05) is 17.5 Å². The van der Waals surface area contributed by atoms with Gasteiger partial charge >= 0.3 is 0 Å². The van der Waals surface area contributed by atoms with Crippen LogP contribution >= 0.6 is 0 Å². The maximum Gasteiger partial charge on any atom is 0.123 e. The molecule has 1 fully saturated rings. The summed E-state index contributed by atoms with van der Waals surface area (Å²) >= 11 is 0. The van der Waals surface area contributed by atoms with E-state index in [1.54, 1.807) is 0 Å². The molecular formula is C13H17NO. The Hall–Kier alpha value is -1.02. The van der Waals surface area contributed by atoms with Gasteiger partial charge in [-0.25, -0.2) is 0 Å². The molecule has 2 aliphatic rings. The highest BCUT2D eigenvalue weighted by Crippen LogP contribution is 2.42. The number of hydrogen-bond acceptors (Lipinski definition) is 2. The Kier molecular flexibility index (Phi) is 2.17. The zero-order valence-corrected chi connectivity index (χ0v) is 8.96. The number of piperidine rings is 1. The molecule has 2 nitrogen and oxygen atoms in total. The van der Waals surface area contributed by atoms with Crippen LogP contribution < -0.4 is 10.1 Å². The van der Waals surface area contributed by atoms with Gasteiger partial charge in [-0.05, 0) is 31.9 Å². The second kappa shape index (κ2) is 3.53. The quantitative estimate of drug-likeness (QED) is 0.697. The predicted octanol–water partition coefficient (Wildman–Crippen LogP) is 2.09. The number of ether oxygens (including phenoxy) is 1. The number of hydrogen-bond donors (Lipinski definition) is 1. The van der Waals surface area contributed by atoms with Crippen molar-refractivity contribution in [3.05, 3.63) is 29.8 Å². The molecule has 2 aliphatic heterocycles. The third kappa shape index (κ3) is 1.44. The topological polar surface area (TPSA) is 21.3 Å². The van der Waals surface area contributed by atoms with Gasteiger partial charge in [0.15, 0.2) is 0 Å². The lowest BCUT2D eigenvalue weighted by Gasteiger charge is -2.42. The van der Waals surface area contributed by atoms with E-state index in [0.717, 1.165) is 25.3 Å². The molecule has 0 amide bonds. The molecule has 1 spiro atoms. The van der Waals surface area contributed by atoms with Crippen LogP contribution in [0.5, 0.6) is 5.75 Å². The number of benzene rings is 1. The summed E-state index contributed by atoms with van der Waals surface area (Å²) in [6.45, 7) is 3.16. The van der Waals surface area contributed by atoms with Crippen molar-refractivity contribution < 1.29 is 4.74 Å². The first-order valence-electron chi connectivity index (χ1n) is 5.84. The van der Waals surface area contributed by atoms with Gasteiger partial charge < -0.3 is 10.1 Å². The Morgan fingerprint density at radius 2 is 2.13 bits per heavy atom. The second-order valence-corrected chi connectivity index (χ2v) is 4.66.